The van der Waals surface area contributed by atoms with Crippen molar-refractivity contribution in [1.29, 1.82) is 0 Å². The van der Waals surface area contributed by atoms with Crippen LogP contribution in [0.15, 0.2) is 60.8 Å². The van der Waals surface area contributed by atoms with Crippen molar-refractivity contribution in [1.82, 2.24) is 29.4 Å². The van der Waals surface area contributed by atoms with Gasteiger partial charge in [0.1, 0.15) is 6.54 Å². The summed E-state index contributed by atoms with van der Waals surface area (Å²) >= 11 is 0. The number of carbonyl (C=O) groups is 2. The fraction of sp³-hybridized carbons (Fsp3) is 0.357. The number of para-hydroxylation sites is 1. The topological polar surface area (TPSA) is 79.5 Å². The molecule has 2 aromatic carbocycles. The molecule has 1 saturated heterocycles. The molecular formula is C28H31N7O2. The third-order valence-electron chi connectivity index (χ3n) is 7.44. The van der Waals surface area contributed by atoms with Gasteiger partial charge in [-0.15, -0.1) is 0 Å². The van der Waals surface area contributed by atoms with E-state index < -0.39 is 0 Å². The number of hydrogen-bond acceptors (Lipinski definition) is 5. The number of anilines is 1. The number of hydrogen-bond donors (Lipinski definition) is 0. The Hall–Kier alpha value is -4.14. The molecule has 0 saturated carbocycles. The highest BCUT2D eigenvalue weighted by molar-refractivity contribution is 5.94. The summed E-state index contributed by atoms with van der Waals surface area (Å²) in [4.78, 5) is 32.9. The molecule has 9 nitrogen and oxygen atoms in total. The van der Waals surface area contributed by atoms with Gasteiger partial charge in [0.05, 0.1) is 5.52 Å². The molecule has 37 heavy (non-hydrogen) atoms. The molecule has 4 heterocycles. The van der Waals surface area contributed by atoms with Crippen LogP contribution >= 0.6 is 0 Å². The lowest BCUT2D eigenvalue weighted by Gasteiger charge is -2.36. The van der Waals surface area contributed by atoms with Crippen molar-refractivity contribution in [3.8, 4) is 0 Å². The fourth-order valence-electron chi connectivity index (χ4n) is 5.43. The number of piperazine rings is 1. The molecule has 2 amide bonds. The molecule has 0 radical (unpaired) electrons. The zero-order chi connectivity index (χ0) is 25.4. The third-order valence-corrected chi connectivity index (χ3v) is 7.44. The van der Waals surface area contributed by atoms with Crippen molar-refractivity contribution in [2.45, 2.75) is 33.0 Å². The van der Waals surface area contributed by atoms with Gasteiger partial charge < -0.3 is 14.7 Å². The van der Waals surface area contributed by atoms with Crippen LogP contribution in [0, 0.1) is 0 Å². The number of aryl methyl sites for hydroxylation is 1. The summed E-state index contributed by atoms with van der Waals surface area (Å²) < 4.78 is 3.64. The quantitative estimate of drug-likeness (QED) is 0.424. The Morgan fingerprint density at radius 3 is 2.38 bits per heavy atom. The smallest absolute Gasteiger partial charge is 0.274 e. The Morgan fingerprint density at radius 1 is 0.865 bits per heavy atom. The first-order valence-corrected chi connectivity index (χ1v) is 13.0. The summed E-state index contributed by atoms with van der Waals surface area (Å²) in [5.74, 6) is -0.0404. The van der Waals surface area contributed by atoms with Gasteiger partial charge in [0, 0.05) is 80.8 Å². The average molecular weight is 498 g/mol. The van der Waals surface area contributed by atoms with Crippen molar-refractivity contribution in [3.63, 3.8) is 0 Å². The number of rotatable bonds is 5. The number of carbonyl (C=O) groups excluding carboxylic acids is 2. The second-order valence-corrected chi connectivity index (χ2v) is 9.66. The first-order valence-electron chi connectivity index (χ1n) is 13.0. The van der Waals surface area contributed by atoms with Crippen LogP contribution in [0.1, 0.15) is 28.7 Å². The molecule has 0 spiro atoms. The molecule has 0 aliphatic carbocycles. The molecule has 2 aliphatic heterocycles. The van der Waals surface area contributed by atoms with Crippen LogP contribution in [0.25, 0.3) is 10.9 Å². The van der Waals surface area contributed by atoms with Crippen molar-refractivity contribution < 1.29 is 9.59 Å². The van der Waals surface area contributed by atoms with Gasteiger partial charge in [0.25, 0.3) is 5.91 Å². The van der Waals surface area contributed by atoms with Gasteiger partial charge in [-0.2, -0.15) is 10.2 Å². The molecule has 6 rings (SSSR count). The van der Waals surface area contributed by atoms with Crippen LogP contribution in [0.4, 0.5) is 5.69 Å². The first-order chi connectivity index (χ1) is 18.1. The van der Waals surface area contributed by atoms with Crippen LogP contribution in [-0.4, -0.2) is 73.9 Å². The van der Waals surface area contributed by atoms with E-state index in [4.69, 9.17) is 5.10 Å². The summed E-state index contributed by atoms with van der Waals surface area (Å²) in [5.41, 5.74) is 4.51. The van der Waals surface area contributed by atoms with Crippen molar-refractivity contribution >= 4 is 28.4 Å². The minimum Gasteiger partial charge on any atom is -0.368 e. The summed E-state index contributed by atoms with van der Waals surface area (Å²) in [6, 6.07) is 18.2. The van der Waals surface area contributed by atoms with E-state index in [-0.39, 0.29) is 18.4 Å². The predicted molar refractivity (Wildman–Crippen MR) is 141 cm³/mol. The summed E-state index contributed by atoms with van der Waals surface area (Å²) in [6.45, 7) is 6.81. The lowest BCUT2D eigenvalue weighted by molar-refractivity contribution is -0.133. The van der Waals surface area contributed by atoms with Gasteiger partial charge >= 0.3 is 0 Å². The second kappa shape index (κ2) is 9.72. The maximum atomic E-state index is 13.6. The zero-order valence-electron chi connectivity index (χ0n) is 21.1. The van der Waals surface area contributed by atoms with Crippen LogP contribution < -0.4 is 4.90 Å². The summed E-state index contributed by atoms with van der Waals surface area (Å²) in [6.07, 6.45) is 2.60. The Balaban J connectivity index is 1.17. The van der Waals surface area contributed by atoms with Gasteiger partial charge in [0.2, 0.25) is 5.91 Å². The van der Waals surface area contributed by atoms with Gasteiger partial charge in [-0.1, -0.05) is 36.4 Å². The maximum absolute atomic E-state index is 13.6. The standard InChI is InChI=1S/C28H31N7O2/c1-2-35-25-12-13-33(26(36)20-34-18-21-8-6-7-11-24(21)29-34)19-23(25)27(30-35)28(37)32-16-14-31(15-17-32)22-9-4-3-5-10-22/h3-11,18H,2,12-17,19-20H2,1H3. The monoisotopic (exact) mass is 497 g/mol. The molecule has 2 aromatic heterocycles. The normalized spacial score (nSPS) is 15.8. The molecule has 190 valence electrons. The minimum atomic E-state index is -0.0382. The highest BCUT2D eigenvalue weighted by Crippen LogP contribution is 2.25. The Bertz CT molecular complexity index is 1400. The molecule has 0 unspecified atom stereocenters. The van der Waals surface area contributed by atoms with E-state index >= 15 is 0 Å². The Morgan fingerprint density at radius 2 is 1.62 bits per heavy atom. The number of benzene rings is 2. The van der Waals surface area contributed by atoms with Crippen LogP contribution in [0.3, 0.4) is 0 Å². The van der Waals surface area contributed by atoms with E-state index in [1.165, 1.54) is 5.69 Å². The summed E-state index contributed by atoms with van der Waals surface area (Å²) in [5, 5.41) is 10.3. The lowest BCUT2D eigenvalue weighted by atomic mass is 10.0. The van der Waals surface area contributed by atoms with Crippen molar-refractivity contribution in [3.05, 3.63) is 77.7 Å². The Labute approximate surface area is 215 Å². The van der Waals surface area contributed by atoms with E-state index in [1.54, 1.807) is 4.68 Å². The van der Waals surface area contributed by atoms with Gasteiger partial charge in [-0.25, -0.2) is 0 Å². The molecule has 0 bridgehead atoms. The first kappa shape index (κ1) is 23.3. The van der Waals surface area contributed by atoms with Crippen LogP contribution in [0.5, 0.6) is 0 Å². The third kappa shape index (κ3) is 4.45. The number of fused-ring (bicyclic) bond motifs is 2. The predicted octanol–water partition coefficient (Wildman–Crippen LogP) is 2.80. The highest BCUT2D eigenvalue weighted by atomic mass is 16.2. The molecule has 0 N–H and O–H groups in total. The minimum absolute atomic E-state index is 0.00224. The largest absolute Gasteiger partial charge is 0.368 e. The van der Waals surface area contributed by atoms with Crippen LogP contribution in [-0.2, 0) is 30.8 Å². The Kier molecular flexibility index (Phi) is 6.12. The molecule has 2 aliphatic rings. The molecule has 9 heteroatoms. The lowest BCUT2D eigenvalue weighted by Crippen LogP contribution is -2.49. The molecule has 1 fully saturated rings. The van der Waals surface area contributed by atoms with Gasteiger partial charge in [-0.3, -0.25) is 19.0 Å². The van der Waals surface area contributed by atoms with E-state index in [1.807, 2.05) is 70.1 Å². The van der Waals surface area contributed by atoms with Gasteiger partial charge in [-0.05, 0) is 25.1 Å². The van der Waals surface area contributed by atoms with E-state index in [2.05, 4.69) is 22.1 Å². The van der Waals surface area contributed by atoms with E-state index in [0.717, 1.165) is 35.2 Å². The van der Waals surface area contributed by atoms with E-state index in [9.17, 15) is 9.59 Å². The number of nitrogens with zero attached hydrogens (tertiary/aromatic N) is 7. The number of aromatic nitrogens is 4. The molecule has 0 atom stereocenters. The second-order valence-electron chi connectivity index (χ2n) is 9.66. The maximum Gasteiger partial charge on any atom is 0.274 e. The average Bonchev–Trinajstić information content (AvgIpc) is 3.53. The SMILES string of the molecule is CCn1nc(C(=O)N2CCN(c3ccccc3)CC2)c2c1CCN(C(=O)Cn1cc3ccccc3n1)C2. The number of amides is 2. The zero-order valence-corrected chi connectivity index (χ0v) is 21.1. The highest BCUT2D eigenvalue weighted by Gasteiger charge is 2.33. The van der Waals surface area contributed by atoms with Crippen LogP contribution in [0.2, 0.25) is 0 Å². The van der Waals surface area contributed by atoms with E-state index in [0.29, 0.717) is 44.8 Å². The van der Waals surface area contributed by atoms with Crippen molar-refractivity contribution in [2.75, 3.05) is 37.6 Å². The fourth-order valence-corrected chi connectivity index (χ4v) is 5.43. The molecule has 4 aromatic rings. The van der Waals surface area contributed by atoms with Gasteiger partial charge in [0.15, 0.2) is 5.69 Å². The van der Waals surface area contributed by atoms with Crippen molar-refractivity contribution in [2.24, 2.45) is 0 Å². The summed E-state index contributed by atoms with van der Waals surface area (Å²) in [7, 11) is 0. The molecular weight excluding hydrogens is 466 g/mol.